The van der Waals surface area contributed by atoms with Gasteiger partial charge in [-0.3, -0.25) is 14.8 Å². The Morgan fingerprint density at radius 2 is 1.44 bits per heavy atom. The average Bonchev–Trinajstić information content (AvgIpc) is 3.40. The molecule has 1 aromatic rings. The molecule has 5 saturated carbocycles. The quantitative estimate of drug-likeness (QED) is 0.175. The Kier molecular flexibility index (Phi) is 8.46. The number of Topliss-reactive ketones (excluding diaryl/α,β-unsaturated/α-hetero) is 1. The molecule has 68 heavy (non-hydrogen) atoms. The molecule has 1 aromatic heterocycles. The summed E-state index contributed by atoms with van der Waals surface area (Å²) >= 11 is 0. The van der Waals surface area contributed by atoms with E-state index < -0.39 is 86.2 Å². The molecule has 0 aromatic carbocycles. The van der Waals surface area contributed by atoms with Crippen LogP contribution in [0.5, 0.6) is 0 Å². The molecule has 5 aliphatic heterocycles. The molecule has 14 heteroatoms. The summed E-state index contributed by atoms with van der Waals surface area (Å²) in [6.07, 6.45) is 6.70. The normalized spacial score (nSPS) is 60.4. The third-order valence-electron chi connectivity index (χ3n) is 24.0. The van der Waals surface area contributed by atoms with Gasteiger partial charge in [-0.1, -0.05) is 46.3 Å². The van der Waals surface area contributed by atoms with Gasteiger partial charge in [0.15, 0.2) is 5.79 Å². The average molecular weight is 943 g/mol. The lowest BCUT2D eigenvalue weighted by Gasteiger charge is -2.65. The molecule has 13 aliphatic rings. The van der Waals surface area contributed by atoms with Crippen molar-refractivity contribution in [3.63, 3.8) is 0 Å². The molecular weight excluding hydrogens is 869 g/mol. The van der Waals surface area contributed by atoms with Gasteiger partial charge in [-0.25, -0.2) is 0 Å². The van der Waals surface area contributed by atoms with Crippen molar-refractivity contribution in [2.24, 2.45) is 69.0 Å². The zero-order valence-corrected chi connectivity index (χ0v) is 41.2. The number of ether oxygens (including phenoxy) is 5. The van der Waals surface area contributed by atoms with Crippen molar-refractivity contribution in [1.29, 1.82) is 0 Å². The maximum absolute atomic E-state index is 15.2. The number of nitrogens with zero attached hydrogens (tertiary/aromatic N) is 2. The predicted octanol–water partition coefficient (Wildman–Crippen LogP) is 3.83. The van der Waals surface area contributed by atoms with Crippen molar-refractivity contribution in [2.45, 2.75) is 209 Å². The van der Waals surface area contributed by atoms with E-state index in [2.05, 4.69) is 26.8 Å². The highest BCUT2D eigenvalue weighted by Gasteiger charge is 2.90. The first kappa shape index (κ1) is 44.7. The van der Waals surface area contributed by atoms with Gasteiger partial charge in [0.05, 0.1) is 70.4 Å². The van der Waals surface area contributed by atoms with Crippen molar-refractivity contribution in [3.8, 4) is 0 Å². The van der Waals surface area contributed by atoms with Crippen molar-refractivity contribution in [1.82, 2.24) is 9.97 Å². The monoisotopic (exact) mass is 943 g/mol. The third-order valence-corrected chi connectivity index (χ3v) is 24.0. The lowest BCUT2D eigenvalue weighted by atomic mass is 9.41. The van der Waals surface area contributed by atoms with Gasteiger partial charge in [0.1, 0.15) is 35.3 Å². The standard InChI is InChI=1S/C54H74N2O12/c1-25-30-16-43-52(65-43)37-12-10-28-14-34-36(19-47(28,7)50(37,62)22-39(59)49(30,52)24-64-53(25)40(60)20-44(3,4)67-53)56-33-13-27-9-11-29-31(46(27,6)18-35(33)55-34)15-38(58)48(8)32(29)17-42-51(48,63)26(2)54(66-42)41(61)21-45(5,23-57)68-54/h17,25-31,37-38,40-43,57-58,60-63H,9-16,18-24H2,1-8H3/t25-,26+,27?,28?,29-,30-,31?,37-,38-,40-,41-,42+,43-,45?,46+,47+,48-,49+,50-,51-,52-,53-,54+/m0/s1. The summed E-state index contributed by atoms with van der Waals surface area (Å²) in [5.41, 5.74) is -2.74. The minimum absolute atomic E-state index is 0.0332. The van der Waals surface area contributed by atoms with Crippen LogP contribution >= 0.6 is 0 Å². The number of aliphatic hydroxyl groups excluding tert-OH is 4. The first-order valence-corrected chi connectivity index (χ1v) is 26.5. The zero-order chi connectivity index (χ0) is 47.7. The Hall–Kier alpha value is -1.95. The van der Waals surface area contributed by atoms with Crippen LogP contribution in [-0.2, 0) is 54.2 Å². The first-order chi connectivity index (χ1) is 31.9. The van der Waals surface area contributed by atoms with E-state index >= 15 is 4.79 Å². The Bertz CT molecular complexity index is 2490. The van der Waals surface area contributed by atoms with Crippen LogP contribution in [0.2, 0.25) is 0 Å². The number of aliphatic hydroxyl groups is 6. The van der Waals surface area contributed by atoms with E-state index in [1.807, 2.05) is 27.7 Å². The number of carbonyl (C=O) groups excluding carboxylic acids is 1. The molecule has 0 bridgehead atoms. The number of aromatic nitrogens is 2. The Morgan fingerprint density at radius 3 is 2.13 bits per heavy atom. The van der Waals surface area contributed by atoms with Crippen molar-refractivity contribution < 1.29 is 59.1 Å². The molecule has 6 heterocycles. The van der Waals surface area contributed by atoms with Gasteiger partial charge in [0.2, 0.25) is 5.79 Å². The zero-order valence-electron chi connectivity index (χ0n) is 41.2. The van der Waals surface area contributed by atoms with Crippen LogP contribution in [-0.4, -0.2) is 130 Å². The van der Waals surface area contributed by atoms with Crippen LogP contribution in [0.25, 0.3) is 0 Å². The Morgan fingerprint density at radius 1 is 0.750 bits per heavy atom. The minimum Gasteiger partial charge on any atom is -0.393 e. The third kappa shape index (κ3) is 4.65. The van der Waals surface area contributed by atoms with E-state index in [1.54, 1.807) is 6.92 Å². The number of epoxide rings is 1. The highest BCUT2D eigenvalue weighted by Crippen LogP contribution is 2.79. The molecule has 6 N–H and O–H groups in total. The van der Waals surface area contributed by atoms with E-state index in [1.165, 1.54) is 0 Å². The molecule has 14 nitrogen and oxygen atoms in total. The van der Waals surface area contributed by atoms with Gasteiger partial charge in [-0.05, 0) is 120 Å². The van der Waals surface area contributed by atoms with Crippen LogP contribution in [0.1, 0.15) is 136 Å². The highest BCUT2D eigenvalue weighted by molar-refractivity contribution is 5.91. The summed E-state index contributed by atoms with van der Waals surface area (Å²) < 4.78 is 33.1. The van der Waals surface area contributed by atoms with Crippen LogP contribution in [0.15, 0.2) is 11.6 Å². The van der Waals surface area contributed by atoms with Crippen molar-refractivity contribution in [3.05, 3.63) is 34.4 Å². The number of hydrogen-bond donors (Lipinski definition) is 6. The lowest BCUT2D eigenvalue weighted by Crippen LogP contribution is -2.75. The molecule has 14 rings (SSSR count). The molecule has 4 spiro atoms. The second-order valence-corrected chi connectivity index (χ2v) is 26.9. The maximum Gasteiger partial charge on any atom is 0.201 e. The van der Waals surface area contributed by atoms with E-state index in [4.69, 9.17) is 33.7 Å². The number of ketones is 1. The summed E-state index contributed by atoms with van der Waals surface area (Å²) in [4.78, 5) is 26.2. The number of fused-ring (bicyclic) bond motifs is 12. The molecule has 5 saturated heterocycles. The number of hydrogen-bond acceptors (Lipinski definition) is 14. The molecule has 0 radical (unpaired) electrons. The van der Waals surface area contributed by atoms with E-state index in [0.717, 1.165) is 66.9 Å². The second-order valence-electron chi connectivity index (χ2n) is 26.9. The van der Waals surface area contributed by atoms with E-state index in [9.17, 15) is 30.6 Å². The van der Waals surface area contributed by atoms with Gasteiger partial charge in [0, 0.05) is 47.8 Å². The summed E-state index contributed by atoms with van der Waals surface area (Å²) in [7, 11) is 0. The predicted molar refractivity (Wildman–Crippen MR) is 241 cm³/mol. The Labute approximate surface area is 399 Å². The molecule has 23 atom stereocenters. The topological polar surface area (TPSA) is 214 Å². The molecule has 0 amide bonds. The van der Waals surface area contributed by atoms with Gasteiger partial charge in [-0.2, -0.15) is 0 Å². The van der Waals surface area contributed by atoms with Gasteiger partial charge >= 0.3 is 0 Å². The van der Waals surface area contributed by atoms with Gasteiger partial charge < -0.3 is 54.3 Å². The largest absolute Gasteiger partial charge is 0.393 e. The highest BCUT2D eigenvalue weighted by atomic mass is 16.7. The van der Waals surface area contributed by atoms with Crippen LogP contribution in [0.3, 0.4) is 0 Å². The molecule has 372 valence electrons. The van der Waals surface area contributed by atoms with E-state index in [-0.39, 0.29) is 78.9 Å². The maximum atomic E-state index is 15.2. The number of rotatable bonds is 1. The summed E-state index contributed by atoms with van der Waals surface area (Å²) in [5.74, 6) is -3.12. The van der Waals surface area contributed by atoms with Crippen LogP contribution in [0.4, 0.5) is 0 Å². The fourth-order valence-electron chi connectivity index (χ4n) is 20.4. The summed E-state index contributed by atoms with van der Waals surface area (Å²) in [6, 6.07) is 0. The van der Waals surface area contributed by atoms with Gasteiger partial charge in [0.25, 0.3) is 0 Å². The van der Waals surface area contributed by atoms with E-state index in [0.29, 0.717) is 38.0 Å². The van der Waals surface area contributed by atoms with Crippen molar-refractivity contribution in [2.75, 3.05) is 13.2 Å². The fraction of sp³-hybridized carbons (Fsp3) is 0.870. The molecular formula is C54H74N2O12. The molecule has 10 fully saturated rings. The lowest BCUT2D eigenvalue weighted by molar-refractivity contribution is -0.351. The molecule has 8 aliphatic carbocycles. The van der Waals surface area contributed by atoms with Crippen LogP contribution in [0, 0.1) is 69.0 Å². The van der Waals surface area contributed by atoms with Gasteiger partial charge in [-0.15, -0.1) is 0 Å². The second kappa shape index (κ2) is 12.9. The SMILES string of the molecule is C[C@H]1[C@@H]2C[C@@H]3O[C@@]34[C@H]3CCC5Cc6nc7c(nc6C[C@@]5(C)[C@]3(O)CC(=O)[C@@]24CO[C@]12OC(C)(C)C[C@@H]2O)CC1CC[C@@H]2C3=C[C@H]4O[C@@]5(OC(C)(CO)C[C@@H]5O)[C@H](C)[C@@]4(O)[C@]3(C)[C@@H](O)CC2[C@]1(C)C7. The fourth-order valence-corrected chi connectivity index (χ4v) is 20.4. The Balaban J connectivity index is 0.745. The number of carbonyl (C=O) groups is 1. The summed E-state index contributed by atoms with van der Waals surface area (Å²) in [5, 5.41) is 71.8. The van der Waals surface area contributed by atoms with Crippen molar-refractivity contribution >= 4 is 5.78 Å². The summed E-state index contributed by atoms with van der Waals surface area (Å²) in [6.45, 7) is 16.1. The first-order valence-electron chi connectivity index (χ1n) is 26.5. The minimum atomic E-state index is -1.52. The molecule has 4 unspecified atom stereocenters. The smallest absolute Gasteiger partial charge is 0.201 e. The van der Waals surface area contributed by atoms with Crippen LogP contribution < -0.4 is 0 Å².